The Bertz CT molecular complexity index is 1180. The Balaban J connectivity index is 1.38. The van der Waals surface area contributed by atoms with E-state index in [1.165, 1.54) is 35.2 Å². The molecule has 0 saturated carbocycles. The van der Waals surface area contributed by atoms with Crippen molar-refractivity contribution in [3.8, 4) is 0 Å². The van der Waals surface area contributed by atoms with E-state index in [-0.39, 0.29) is 35.5 Å². The van der Waals surface area contributed by atoms with Crippen LogP contribution in [0.15, 0.2) is 65.4 Å². The van der Waals surface area contributed by atoms with Gasteiger partial charge in [0.25, 0.3) is 11.8 Å². The fraction of sp³-hybridized carbons (Fsp3) is 0.261. The summed E-state index contributed by atoms with van der Waals surface area (Å²) in [4.78, 5) is 41.0. The average Bonchev–Trinajstić information content (AvgIpc) is 3.50. The minimum absolute atomic E-state index is 0.227. The number of halogens is 3. The fourth-order valence-corrected chi connectivity index (χ4v) is 3.76. The van der Waals surface area contributed by atoms with E-state index in [4.69, 9.17) is 4.42 Å². The number of alkyl halides is 3. The number of carbonyl (C=O) groups excluding carboxylic acids is 3. The third kappa shape index (κ3) is 4.98. The van der Waals surface area contributed by atoms with Gasteiger partial charge in [0, 0.05) is 32.4 Å². The highest BCUT2D eigenvalue weighted by atomic mass is 19.4. The molecule has 0 atom stereocenters. The number of para-hydroxylation sites is 1. The molecule has 1 saturated heterocycles. The predicted molar refractivity (Wildman–Crippen MR) is 115 cm³/mol. The minimum Gasteiger partial charge on any atom is -0.459 e. The van der Waals surface area contributed by atoms with Gasteiger partial charge in [0.05, 0.1) is 17.5 Å². The summed E-state index contributed by atoms with van der Waals surface area (Å²) in [5, 5.41) is 2.27. The van der Waals surface area contributed by atoms with Crippen molar-refractivity contribution in [2.75, 3.05) is 31.5 Å². The lowest BCUT2D eigenvalue weighted by Gasteiger charge is -2.34. The molecule has 0 aliphatic carbocycles. The van der Waals surface area contributed by atoms with E-state index in [1.54, 1.807) is 34.1 Å². The molecule has 11 heteroatoms. The van der Waals surface area contributed by atoms with Crippen LogP contribution in [0.4, 0.5) is 18.9 Å². The maximum absolute atomic E-state index is 13.2. The van der Waals surface area contributed by atoms with Crippen molar-refractivity contribution in [3.05, 3.63) is 78.0 Å². The van der Waals surface area contributed by atoms with Crippen LogP contribution in [0, 0.1) is 0 Å². The molecular formula is C23H21F3N4O4. The van der Waals surface area contributed by atoms with E-state index in [2.05, 4.69) is 5.32 Å². The molecule has 3 aromatic rings. The van der Waals surface area contributed by atoms with Crippen LogP contribution in [0.2, 0.25) is 0 Å². The highest BCUT2D eigenvalue weighted by molar-refractivity contribution is 5.96. The average molecular weight is 474 g/mol. The normalized spacial score (nSPS) is 14.2. The zero-order valence-corrected chi connectivity index (χ0v) is 17.9. The molecule has 0 spiro atoms. The second-order valence-corrected chi connectivity index (χ2v) is 7.67. The van der Waals surface area contributed by atoms with Gasteiger partial charge in [0.15, 0.2) is 5.76 Å². The van der Waals surface area contributed by atoms with Crippen molar-refractivity contribution in [2.24, 2.45) is 0 Å². The van der Waals surface area contributed by atoms with E-state index in [0.29, 0.717) is 26.2 Å². The largest absolute Gasteiger partial charge is 0.459 e. The van der Waals surface area contributed by atoms with Crippen LogP contribution in [-0.2, 0) is 17.5 Å². The molecular weight excluding hydrogens is 453 g/mol. The summed E-state index contributed by atoms with van der Waals surface area (Å²) in [6.07, 6.45) is -1.68. The smallest absolute Gasteiger partial charge is 0.418 e. The number of benzene rings is 1. The van der Waals surface area contributed by atoms with Crippen LogP contribution in [0.1, 0.15) is 26.6 Å². The van der Waals surface area contributed by atoms with E-state index in [9.17, 15) is 27.6 Å². The standard InChI is InChI=1S/C23H21F3N4O4/c24-23(25,26)16-5-1-2-6-17(16)27-20(31)15-30-9-3-7-18(30)21(32)28-10-12-29(13-11-28)22(33)19-8-4-14-34-19/h1-9,14H,10-13,15H2,(H,27,31). The van der Waals surface area contributed by atoms with Crippen molar-refractivity contribution in [3.63, 3.8) is 0 Å². The molecule has 1 aromatic carbocycles. The first-order chi connectivity index (χ1) is 16.2. The molecule has 8 nitrogen and oxygen atoms in total. The summed E-state index contributed by atoms with van der Waals surface area (Å²) in [7, 11) is 0. The third-order valence-electron chi connectivity index (χ3n) is 5.46. The Kier molecular flexibility index (Phi) is 6.44. The second-order valence-electron chi connectivity index (χ2n) is 7.67. The van der Waals surface area contributed by atoms with Gasteiger partial charge in [-0.05, 0) is 36.4 Å². The second kappa shape index (κ2) is 9.46. The Hall–Kier alpha value is -4.02. The highest BCUT2D eigenvalue weighted by Gasteiger charge is 2.33. The van der Waals surface area contributed by atoms with Crippen LogP contribution in [-0.4, -0.2) is 58.3 Å². The number of rotatable bonds is 5. The number of aromatic nitrogens is 1. The first-order valence-corrected chi connectivity index (χ1v) is 10.5. The zero-order chi connectivity index (χ0) is 24.3. The Morgan fingerprint density at radius 3 is 2.21 bits per heavy atom. The van der Waals surface area contributed by atoms with Crippen molar-refractivity contribution in [2.45, 2.75) is 12.7 Å². The molecule has 1 aliphatic rings. The van der Waals surface area contributed by atoms with E-state index >= 15 is 0 Å². The zero-order valence-electron chi connectivity index (χ0n) is 17.9. The number of nitrogens with zero attached hydrogens (tertiary/aromatic N) is 3. The number of piperazine rings is 1. The SMILES string of the molecule is O=C(Cn1cccc1C(=O)N1CCN(C(=O)c2ccco2)CC1)Nc1ccccc1C(F)(F)F. The Morgan fingerprint density at radius 1 is 0.882 bits per heavy atom. The van der Waals surface area contributed by atoms with Gasteiger partial charge in [0.2, 0.25) is 5.91 Å². The molecule has 1 N–H and O–H groups in total. The number of hydrogen-bond acceptors (Lipinski definition) is 4. The van der Waals surface area contributed by atoms with Gasteiger partial charge in [-0.25, -0.2) is 0 Å². The van der Waals surface area contributed by atoms with Crippen molar-refractivity contribution in [1.82, 2.24) is 14.4 Å². The molecule has 0 bridgehead atoms. The lowest BCUT2D eigenvalue weighted by atomic mass is 10.1. The van der Waals surface area contributed by atoms with Crippen molar-refractivity contribution >= 4 is 23.4 Å². The molecule has 0 unspecified atom stereocenters. The van der Waals surface area contributed by atoms with Crippen LogP contribution in [0.5, 0.6) is 0 Å². The van der Waals surface area contributed by atoms with Gasteiger partial charge < -0.3 is 24.1 Å². The maximum Gasteiger partial charge on any atom is 0.418 e. The van der Waals surface area contributed by atoms with Gasteiger partial charge in [-0.15, -0.1) is 0 Å². The molecule has 178 valence electrons. The minimum atomic E-state index is -4.61. The summed E-state index contributed by atoms with van der Waals surface area (Å²) < 4.78 is 46.0. The molecule has 0 radical (unpaired) electrons. The molecule has 1 fully saturated rings. The van der Waals surface area contributed by atoms with Gasteiger partial charge in [-0.1, -0.05) is 12.1 Å². The quantitative estimate of drug-likeness (QED) is 0.615. The van der Waals surface area contributed by atoms with Crippen LogP contribution in [0.25, 0.3) is 0 Å². The monoisotopic (exact) mass is 474 g/mol. The lowest BCUT2D eigenvalue weighted by Crippen LogP contribution is -2.50. The molecule has 2 aromatic heterocycles. The Labute approximate surface area is 192 Å². The van der Waals surface area contributed by atoms with Gasteiger partial charge in [-0.3, -0.25) is 14.4 Å². The van der Waals surface area contributed by atoms with E-state index in [1.807, 2.05) is 0 Å². The van der Waals surface area contributed by atoms with Gasteiger partial charge in [-0.2, -0.15) is 13.2 Å². The summed E-state index contributed by atoms with van der Waals surface area (Å²) in [6, 6.07) is 11.0. The van der Waals surface area contributed by atoms with E-state index < -0.39 is 17.6 Å². The summed E-state index contributed by atoms with van der Waals surface area (Å²) >= 11 is 0. The number of carbonyl (C=O) groups is 3. The topological polar surface area (TPSA) is 87.8 Å². The number of anilines is 1. The van der Waals surface area contributed by atoms with Crippen molar-refractivity contribution in [1.29, 1.82) is 0 Å². The number of hydrogen-bond donors (Lipinski definition) is 1. The number of amides is 3. The first kappa shape index (κ1) is 23.1. The molecule has 4 rings (SSSR count). The van der Waals surface area contributed by atoms with E-state index in [0.717, 1.165) is 6.07 Å². The summed E-state index contributed by atoms with van der Waals surface area (Å²) in [5.41, 5.74) is -1.07. The van der Waals surface area contributed by atoms with Crippen LogP contribution in [0.3, 0.4) is 0 Å². The first-order valence-electron chi connectivity index (χ1n) is 10.5. The van der Waals surface area contributed by atoms with Crippen molar-refractivity contribution < 1.29 is 32.0 Å². The van der Waals surface area contributed by atoms with Crippen LogP contribution < -0.4 is 5.32 Å². The van der Waals surface area contributed by atoms with Crippen LogP contribution >= 0.6 is 0 Å². The number of nitrogens with one attached hydrogen (secondary N) is 1. The van der Waals surface area contributed by atoms with Gasteiger partial charge >= 0.3 is 6.18 Å². The fourth-order valence-electron chi connectivity index (χ4n) is 3.76. The molecule has 1 aliphatic heterocycles. The summed E-state index contributed by atoms with van der Waals surface area (Å²) in [6.45, 7) is 0.891. The highest BCUT2D eigenvalue weighted by Crippen LogP contribution is 2.34. The molecule has 34 heavy (non-hydrogen) atoms. The lowest BCUT2D eigenvalue weighted by molar-refractivity contribution is -0.137. The molecule has 3 heterocycles. The third-order valence-corrected chi connectivity index (χ3v) is 5.46. The maximum atomic E-state index is 13.2. The molecule has 3 amide bonds. The predicted octanol–water partition coefficient (Wildman–Crippen LogP) is 3.34. The Morgan fingerprint density at radius 2 is 1.56 bits per heavy atom. The van der Waals surface area contributed by atoms with Gasteiger partial charge in [0.1, 0.15) is 12.2 Å². The number of furan rings is 1. The summed E-state index contributed by atoms with van der Waals surface area (Å²) in [5.74, 6) is -1.06.